The van der Waals surface area contributed by atoms with Crippen LogP contribution >= 0.6 is 0 Å². The fraction of sp³-hybridized carbons (Fsp3) is 0.900. The third kappa shape index (κ3) is 2.23. The van der Waals surface area contributed by atoms with Crippen molar-refractivity contribution in [3.63, 3.8) is 0 Å². The Morgan fingerprint density at radius 3 is 2.17 bits per heavy atom. The van der Waals surface area contributed by atoms with Crippen molar-refractivity contribution in [2.75, 3.05) is 0 Å². The molecular formula is C10H18O2. The van der Waals surface area contributed by atoms with Gasteiger partial charge in [-0.15, -0.1) is 0 Å². The van der Waals surface area contributed by atoms with E-state index in [0.29, 0.717) is 5.41 Å². The fourth-order valence-corrected chi connectivity index (χ4v) is 1.60. The smallest absolute Gasteiger partial charge is 0.302 e. The predicted molar refractivity (Wildman–Crippen MR) is 47.7 cm³/mol. The second kappa shape index (κ2) is 3.08. The zero-order valence-corrected chi connectivity index (χ0v) is 8.39. The summed E-state index contributed by atoms with van der Waals surface area (Å²) < 4.78 is 5.07. The molecule has 1 saturated carbocycles. The van der Waals surface area contributed by atoms with E-state index in [9.17, 15) is 4.79 Å². The van der Waals surface area contributed by atoms with E-state index >= 15 is 0 Å². The zero-order chi connectivity index (χ0) is 9.35. The van der Waals surface area contributed by atoms with Gasteiger partial charge >= 0.3 is 5.97 Å². The van der Waals surface area contributed by atoms with Gasteiger partial charge in [0.1, 0.15) is 6.10 Å². The Kier molecular flexibility index (Phi) is 2.45. The van der Waals surface area contributed by atoms with Crippen LogP contribution in [0.15, 0.2) is 0 Å². The predicted octanol–water partition coefficient (Wildman–Crippen LogP) is 2.37. The van der Waals surface area contributed by atoms with Crippen LogP contribution in [0.2, 0.25) is 0 Å². The highest BCUT2D eigenvalue weighted by molar-refractivity contribution is 5.66. The van der Waals surface area contributed by atoms with Crippen LogP contribution in [0.25, 0.3) is 0 Å². The summed E-state index contributed by atoms with van der Waals surface area (Å²) in [5.74, 6) is 0.578. The Balaban J connectivity index is 2.25. The van der Waals surface area contributed by atoms with E-state index in [1.165, 1.54) is 6.92 Å². The molecule has 0 bridgehead atoms. The van der Waals surface area contributed by atoms with Crippen molar-refractivity contribution < 1.29 is 9.53 Å². The van der Waals surface area contributed by atoms with Gasteiger partial charge in [0.05, 0.1) is 0 Å². The van der Waals surface area contributed by atoms with Gasteiger partial charge in [0, 0.05) is 6.92 Å². The molecule has 70 valence electrons. The highest BCUT2D eigenvalue weighted by Gasteiger charge is 2.38. The van der Waals surface area contributed by atoms with Gasteiger partial charge in [-0.1, -0.05) is 20.8 Å². The van der Waals surface area contributed by atoms with Crippen molar-refractivity contribution in [2.45, 2.75) is 46.6 Å². The molecule has 0 spiro atoms. The largest absolute Gasteiger partial charge is 0.463 e. The summed E-state index contributed by atoms with van der Waals surface area (Å²) in [6.07, 6.45) is 2.29. The van der Waals surface area contributed by atoms with Crippen molar-refractivity contribution >= 4 is 5.97 Å². The molecule has 0 radical (unpaired) electrons. The molecule has 0 aliphatic heterocycles. The standard InChI is InChI=1S/C10H18O2/c1-7(11)12-9-5-8(6-9)10(2,3)4/h8-9H,5-6H2,1-4H3. The first-order valence-corrected chi connectivity index (χ1v) is 4.57. The average Bonchev–Trinajstić information content (AvgIpc) is 1.73. The second-order valence-corrected chi connectivity index (χ2v) is 4.77. The summed E-state index contributed by atoms with van der Waals surface area (Å²) in [6, 6.07) is 0. The van der Waals surface area contributed by atoms with Crippen LogP contribution in [-0.2, 0) is 9.53 Å². The highest BCUT2D eigenvalue weighted by Crippen LogP contribution is 2.42. The molecule has 0 heterocycles. The minimum absolute atomic E-state index is 0.146. The van der Waals surface area contributed by atoms with E-state index < -0.39 is 0 Å². The van der Waals surface area contributed by atoms with Crippen LogP contribution in [-0.4, -0.2) is 12.1 Å². The molecule has 1 fully saturated rings. The topological polar surface area (TPSA) is 26.3 Å². The molecule has 2 nitrogen and oxygen atoms in total. The highest BCUT2D eigenvalue weighted by atomic mass is 16.5. The van der Waals surface area contributed by atoms with Gasteiger partial charge in [-0.25, -0.2) is 0 Å². The molecule has 0 amide bonds. The van der Waals surface area contributed by atoms with E-state index in [4.69, 9.17) is 4.74 Å². The Bertz CT molecular complexity index is 173. The Morgan fingerprint density at radius 1 is 1.33 bits per heavy atom. The summed E-state index contributed by atoms with van der Waals surface area (Å²) in [6.45, 7) is 8.19. The maximum absolute atomic E-state index is 10.6. The van der Waals surface area contributed by atoms with Crippen LogP contribution in [0.3, 0.4) is 0 Å². The van der Waals surface area contributed by atoms with Gasteiger partial charge in [-0.2, -0.15) is 0 Å². The molecule has 1 aliphatic rings. The van der Waals surface area contributed by atoms with Crippen molar-refractivity contribution in [1.29, 1.82) is 0 Å². The van der Waals surface area contributed by atoms with E-state index in [1.807, 2.05) is 0 Å². The lowest BCUT2D eigenvalue weighted by Gasteiger charge is -2.42. The number of hydrogen-bond donors (Lipinski definition) is 0. The van der Waals surface area contributed by atoms with Crippen molar-refractivity contribution in [3.05, 3.63) is 0 Å². The Labute approximate surface area is 74.3 Å². The van der Waals surface area contributed by atoms with Crippen molar-refractivity contribution in [1.82, 2.24) is 0 Å². The third-order valence-electron chi connectivity index (χ3n) is 2.65. The Hall–Kier alpha value is -0.530. The summed E-state index contributed by atoms with van der Waals surface area (Å²) in [5, 5.41) is 0. The second-order valence-electron chi connectivity index (χ2n) is 4.77. The quantitative estimate of drug-likeness (QED) is 0.565. The van der Waals surface area contributed by atoms with Crippen molar-refractivity contribution in [2.24, 2.45) is 11.3 Å². The SMILES string of the molecule is CC(=O)OC1CC(C(C)(C)C)C1. The lowest BCUT2D eigenvalue weighted by Crippen LogP contribution is -2.39. The number of esters is 1. The molecule has 12 heavy (non-hydrogen) atoms. The van der Waals surface area contributed by atoms with E-state index in [1.54, 1.807) is 0 Å². The monoisotopic (exact) mass is 170 g/mol. The molecule has 0 atom stereocenters. The molecule has 1 rings (SSSR count). The van der Waals surface area contributed by atoms with Gasteiger partial charge in [0.2, 0.25) is 0 Å². The van der Waals surface area contributed by atoms with Crippen LogP contribution in [0.5, 0.6) is 0 Å². The first-order chi connectivity index (χ1) is 5.39. The maximum Gasteiger partial charge on any atom is 0.302 e. The van der Waals surface area contributed by atoms with Crippen molar-refractivity contribution in [3.8, 4) is 0 Å². The number of rotatable bonds is 1. The third-order valence-corrected chi connectivity index (χ3v) is 2.65. The van der Waals surface area contributed by atoms with Gasteiger partial charge in [0.15, 0.2) is 0 Å². The lowest BCUT2D eigenvalue weighted by molar-refractivity contribution is -0.155. The van der Waals surface area contributed by atoms with Crippen LogP contribution in [0.1, 0.15) is 40.5 Å². The van der Waals surface area contributed by atoms with Crippen LogP contribution in [0, 0.1) is 11.3 Å². The molecule has 0 aromatic rings. The molecule has 0 unspecified atom stereocenters. The lowest BCUT2D eigenvalue weighted by atomic mass is 9.67. The van der Waals surface area contributed by atoms with E-state index in [2.05, 4.69) is 20.8 Å². The van der Waals surface area contributed by atoms with Gasteiger partial charge in [0.25, 0.3) is 0 Å². The summed E-state index contributed by atoms with van der Waals surface area (Å²) in [5.41, 5.74) is 0.372. The zero-order valence-electron chi connectivity index (χ0n) is 8.39. The molecule has 0 aromatic heterocycles. The molecule has 0 N–H and O–H groups in total. The van der Waals surface area contributed by atoms with Gasteiger partial charge < -0.3 is 4.74 Å². The minimum atomic E-state index is -0.146. The average molecular weight is 170 g/mol. The summed E-state index contributed by atoms with van der Waals surface area (Å²) in [4.78, 5) is 10.6. The van der Waals surface area contributed by atoms with Crippen LogP contribution < -0.4 is 0 Å². The molecular weight excluding hydrogens is 152 g/mol. The minimum Gasteiger partial charge on any atom is -0.463 e. The molecule has 0 saturated heterocycles. The normalized spacial score (nSPS) is 29.3. The molecule has 1 aliphatic carbocycles. The summed E-state index contributed by atoms with van der Waals surface area (Å²) in [7, 11) is 0. The Morgan fingerprint density at radius 2 is 1.83 bits per heavy atom. The van der Waals surface area contributed by atoms with Gasteiger partial charge in [-0.05, 0) is 24.2 Å². The number of hydrogen-bond acceptors (Lipinski definition) is 2. The number of ether oxygens (including phenoxy) is 1. The van der Waals surface area contributed by atoms with Crippen LogP contribution in [0.4, 0.5) is 0 Å². The van der Waals surface area contributed by atoms with E-state index in [0.717, 1.165) is 18.8 Å². The van der Waals surface area contributed by atoms with E-state index in [-0.39, 0.29) is 12.1 Å². The fourth-order valence-electron chi connectivity index (χ4n) is 1.60. The number of carbonyl (C=O) groups excluding carboxylic acids is 1. The first-order valence-electron chi connectivity index (χ1n) is 4.57. The maximum atomic E-state index is 10.6. The van der Waals surface area contributed by atoms with Gasteiger partial charge in [-0.3, -0.25) is 4.79 Å². The number of carbonyl (C=O) groups is 1. The molecule has 2 heteroatoms. The summed E-state index contributed by atoms with van der Waals surface area (Å²) >= 11 is 0. The molecule has 0 aromatic carbocycles. The first kappa shape index (κ1) is 9.56.